The number of benzene rings is 1. The molecule has 1 saturated heterocycles. The Balaban J connectivity index is 1.05. The third-order valence-electron chi connectivity index (χ3n) is 7.39. The van der Waals surface area contributed by atoms with E-state index in [1.54, 1.807) is 24.4 Å². The van der Waals surface area contributed by atoms with Gasteiger partial charge in [0.15, 0.2) is 18.2 Å². The van der Waals surface area contributed by atoms with Crippen LogP contribution in [0, 0.1) is 17.2 Å². The summed E-state index contributed by atoms with van der Waals surface area (Å²) in [5.41, 5.74) is 2.45. The van der Waals surface area contributed by atoms with Gasteiger partial charge >= 0.3 is 12.1 Å². The highest BCUT2D eigenvalue weighted by atomic mass is 16.6. The van der Waals surface area contributed by atoms with E-state index in [1.807, 2.05) is 0 Å². The molecule has 4 heterocycles. The number of carbonyl (C=O) groups is 3. The van der Waals surface area contributed by atoms with Crippen LogP contribution in [0.5, 0.6) is 11.6 Å². The van der Waals surface area contributed by atoms with E-state index in [0.29, 0.717) is 42.8 Å². The first-order chi connectivity index (χ1) is 20.4. The summed E-state index contributed by atoms with van der Waals surface area (Å²) in [5.74, 6) is -1.44. The fourth-order valence-corrected chi connectivity index (χ4v) is 5.44. The summed E-state index contributed by atoms with van der Waals surface area (Å²) in [4.78, 5) is 46.1. The summed E-state index contributed by atoms with van der Waals surface area (Å²) in [7, 11) is 0. The zero-order valence-electron chi connectivity index (χ0n) is 22.2. The zero-order valence-corrected chi connectivity index (χ0v) is 22.2. The topological polar surface area (TPSA) is 205 Å². The normalized spacial score (nSPS) is 20.6. The molecule has 0 spiro atoms. The summed E-state index contributed by atoms with van der Waals surface area (Å²) in [6.45, 7) is 1.15. The molecule has 1 aliphatic carbocycles. The number of ether oxygens (including phenoxy) is 3. The van der Waals surface area contributed by atoms with Gasteiger partial charge in [0.25, 0.3) is 11.8 Å². The van der Waals surface area contributed by atoms with E-state index < -0.39 is 24.1 Å². The number of H-pyrrole nitrogens is 1. The molecular formula is C27H26N8O7. The molecule has 6 rings (SSSR count). The zero-order chi connectivity index (χ0) is 29.2. The molecule has 3 unspecified atom stereocenters. The largest absolute Gasteiger partial charge is 0.487 e. The Morgan fingerprint density at radius 1 is 1.33 bits per heavy atom. The second kappa shape index (κ2) is 11.3. The van der Waals surface area contributed by atoms with E-state index in [4.69, 9.17) is 14.2 Å². The lowest BCUT2D eigenvalue weighted by atomic mass is 9.92. The van der Waals surface area contributed by atoms with Crippen LogP contribution in [0.2, 0.25) is 0 Å². The van der Waals surface area contributed by atoms with E-state index in [0.717, 1.165) is 11.3 Å². The lowest BCUT2D eigenvalue weighted by molar-refractivity contribution is -0.139. The Bertz CT molecular complexity index is 1570. The van der Waals surface area contributed by atoms with Crippen LogP contribution in [0.3, 0.4) is 0 Å². The van der Waals surface area contributed by atoms with Crippen molar-refractivity contribution in [2.75, 3.05) is 36.5 Å². The molecule has 1 aromatic carbocycles. The predicted octanol–water partition coefficient (Wildman–Crippen LogP) is 1.33. The SMILES string of the molecule is N#Cc1cc(OCc2ccn[nH]2)cc2c1CC(CNCCC1CN(c3cnc4c(n3)NC(=O)CO4)C(=O)O1)C2C(=O)O. The number of carbonyl (C=O) groups excluding carboxylic acids is 2. The summed E-state index contributed by atoms with van der Waals surface area (Å²) in [6.07, 6.45) is 2.90. The van der Waals surface area contributed by atoms with Crippen molar-refractivity contribution in [1.82, 2.24) is 25.5 Å². The number of amides is 2. The number of cyclic esters (lactones) is 1. The molecule has 15 nitrogen and oxygen atoms in total. The lowest BCUT2D eigenvalue weighted by Crippen LogP contribution is -2.32. The predicted molar refractivity (Wildman–Crippen MR) is 143 cm³/mol. The van der Waals surface area contributed by atoms with Crippen molar-refractivity contribution >= 4 is 29.6 Å². The van der Waals surface area contributed by atoms with Crippen LogP contribution in [0.1, 0.15) is 34.7 Å². The van der Waals surface area contributed by atoms with Crippen LogP contribution in [0.15, 0.2) is 30.6 Å². The van der Waals surface area contributed by atoms with Gasteiger partial charge in [0.2, 0.25) is 0 Å². The molecule has 0 radical (unpaired) electrons. The number of fused-ring (bicyclic) bond motifs is 2. The van der Waals surface area contributed by atoms with Crippen LogP contribution >= 0.6 is 0 Å². The maximum atomic E-state index is 12.5. The minimum absolute atomic E-state index is 0.142. The van der Waals surface area contributed by atoms with Gasteiger partial charge in [0, 0.05) is 6.20 Å². The Morgan fingerprint density at radius 2 is 2.21 bits per heavy atom. The van der Waals surface area contributed by atoms with Crippen molar-refractivity contribution in [3.05, 3.63) is 53.0 Å². The number of carboxylic acid groups (broad SMARTS) is 1. The molecule has 0 saturated carbocycles. The maximum absolute atomic E-state index is 12.5. The average molecular weight is 575 g/mol. The third kappa shape index (κ3) is 5.39. The number of hydrogen-bond acceptors (Lipinski definition) is 11. The van der Waals surface area contributed by atoms with Crippen molar-refractivity contribution in [1.29, 1.82) is 5.26 Å². The van der Waals surface area contributed by atoms with Crippen molar-refractivity contribution in [3.63, 3.8) is 0 Å². The third-order valence-corrected chi connectivity index (χ3v) is 7.39. The van der Waals surface area contributed by atoms with Crippen molar-refractivity contribution in [2.45, 2.75) is 31.5 Å². The Morgan fingerprint density at radius 3 is 3.00 bits per heavy atom. The van der Waals surface area contributed by atoms with Crippen molar-refractivity contribution in [2.24, 2.45) is 5.92 Å². The van der Waals surface area contributed by atoms with E-state index in [9.17, 15) is 24.8 Å². The molecule has 2 aromatic heterocycles. The number of aromatic amines is 1. The van der Waals surface area contributed by atoms with Crippen LogP contribution in [-0.4, -0.2) is 75.6 Å². The van der Waals surface area contributed by atoms with Gasteiger partial charge in [-0.15, -0.1) is 0 Å². The number of nitriles is 1. The highest BCUT2D eigenvalue weighted by molar-refractivity contribution is 5.94. The first kappa shape index (κ1) is 27.0. The summed E-state index contributed by atoms with van der Waals surface area (Å²) in [5, 5.41) is 32.4. The monoisotopic (exact) mass is 574 g/mol. The maximum Gasteiger partial charge on any atom is 0.415 e. The summed E-state index contributed by atoms with van der Waals surface area (Å²) in [6, 6.07) is 7.29. The first-order valence-corrected chi connectivity index (χ1v) is 13.3. The molecule has 1 fully saturated rings. The molecule has 3 aliphatic rings. The van der Waals surface area contributed by atoms with Gasteiger partial charge in [-0.05, 0) is 61.2 Å². The molecule has 2 aliphatic heterocycles. The van der Waals surface area contributed by atoms with Gasteiger partial charge in [0.1, 0.15) is 18.5 Å². The Labute approximate surface area is 238 Å². The number of aromatic nitrogens is 4. The van der Waals surface area contributed by atoms with E-state index in [1.165, 1.54) is 11.1 Å². The quantitative estimate of drug-likeness (QED) is 0.253. The standard InChI is InChI=1S/C27H26N8O7/c28-8-14-5-18(40-12-16-1-4-31-34-16)7-20-19(14)6-15(23(20)26(37)38)9-29-3-2-17-11-35(27(39)42-17)21-10-30-25-24(32-21)33-22(36)13-41-25/h1,4-5,7,10,15,17,23,29H,2-3,6,9,11-13H2,(H,31,34)(H,37,38)(H,32,33,36). The van der Waals surface area contributed by atoms with E-state index >= 15 is 0 Å². The highest BCUT2D eigenvalue weighted by Crippen LogP contribution is 2.42. The smallest absolute Gasteiger partial charge is 0.415 e. The Kier molecular flexibility index (Phi) is 7.28. The molecular weight excluding hydrogens is 548 g/mol. The Hall–Kier alpha value is -5.23. The van der Waals surface area contributed by atoms with Crippen LogP contribution in [0.25, 0.3) is 0 Å². The molecule has 4 N–H and O–H groups in total. The molecule has 42 heavy (non-hydrogen) atoms. The fraction of sp³-hybridized carbons (Fsp3) is 0.370. The molecule has 0 bridgehead atoms. The molecule has 3 aromatic rings. The first-order valence-electron chi connectivity index (χ1n) is 13.3. The van der Waals surface area contributed by atoms with E-state index in [-0.39, 0.29) is 49.1 Å². The molecule has 15 heteroatoms. The number of nitrogens with zero attached hydrogens (tertiary/aromatic N) is 5. The van der Waals surface area contributed by atoms with Gasteiger partial charge in [-0.1, -0.05) is 0 Å². The summed E-state index contributed by atoms with van der Waals surface area (Å²) >= 11 is 0. The molecule has 2 amide bonds. The minimum Gasteiger partial charge on any atom is -0.487 e. The minimum atomic E-state index is -0.969. The number of rotatable bonds is 10. The number of aliphatic carboxylic acids is 1. The second-order valence-electron chi connectivity index (χ2n) is 10.1. The van der Waals surface area contributed by atoms with E-state index in [2.05, 4.69) is 36.9 Å². The highest BCUT2D eigenvalue weighted by Gasteiger charge is 2.39. The van der Waals surface area contributed by atoms with Crippen LogP contribution < -0.4 is 25.0 Å². The van der Waals surface area contributed by atoms with Crippen molar-refractivity contribution in [3.8, 4) is 17.7 Å². The fourth-order valence-electron chi connectivity index (χ4n) is 5.44. The second-order valence-corrected chi connectivity index (χ2v) is 10.1. The van der Waals surface area contributed by atoms with Gasteiger partial charge in [0.05, 0.1) is 36.0 Å². The van der Waals surface area contributed by atoms with Crippen molar-refractivity contribution < 1.29 is 33.7 Å². The van der Waals surface area contributed by atoms with Crippen LogP contribution in [0.4, 0.5) is 16.4 Å². The van der Waals surface area contributed by atoms with Crippen LogP contribution in [-0.2, 0) is 27.4 Å². The number of anilines is 2. The number of carboxylic acids is 1. The van der Waals surface area contributed by atoms with Gasteiger partial charge in [-0.3, -0.25) is 19.6 Å². The molecule has 3 atom stereocenters. The van der Waals surface area contributed by atoms with Gasteiger partial charge in [-0.25, -0.2) is 14.8 Å². The van der Waals surface area contributed by atoms with Gasteiger partial charge < -0.3 is 30.0 Å². The van der Waals surface area contributed by atoms with Gasteiger partial charge in [-0.2, -0.15) is 10.4 Å². The average Bonchev–Trinajstić information content (AvgIpc) is 3.72. The number of nitrogens with one attached hydrogen (secondary N) is 3. The summed E-state index contributed by atoms with van der Waals surface area (Å²) < 4.78 is 16.5. The number of hydrogen-bond donors (Lipinski definition) is 4. The lowest BCUT2D eigenvalue weighted by Gasteiger charge is -2.18. The molecule has 216 valence electrons.